The summed E-state index contributed by atoms with van der Waals surface area (Å²) in [5.74, 6) is 0. The molecule has 3 rings (SSSR count). The van der Waals surface area contributed by atoms with Crippen LogP contribution >= 0.6 is 0 Å². The summed E-state index contributed by atoms with van der Waals surface area (Å²) in [6, 6.07) is 14.8. The van der Waals surface area contributed by atoms with Crippen LogP contribution in [-0.4, -0.2) is 9.78 Å². The average molecular weight is 251 g/mol. The van der Waals surface area contributed by atoms with Crippen molar-refractivity contribution in [3.63, 3.8) is 0 Å². The second kappa shape index (κ2) is 4.86. The molecule has 1 heterocycles. The highest BCUT2D eigenvalue weighted by molar-refractivity contribution is 5.85. The second-order valence-corrected chi connectivity index (χ2v) is 4.76. The molecule has 0 bridgehead atoms. The average Bonchev–Trinajstić information content (AvgIpc) is 2.80. The lowest BCUT2D eigenvalue weighted by atomic mass is 10.0. The molecule has 3 nitrogen and oxygen atoms in total. The number of hydrogen-bond acceptors (Lipinski definition) is 2. The number of rotatable bonds is 3. The molecule has 96 valence electrons. The van der Waals surface area contributed by atoms with E-state index in [2.05, 4.69) is 54.5 Å². The maximum atomic E-state index is 5.69. The molecule has 2 N–H and O–H groups in total. The lowest BCUT2D eigenvalue weighted by molar-refractivity contribution is 0.666. The zero-order valence-electron chi connectivity index (χ0n) is 11.0. The first-order valence-corrected chi connectivity index (χ1v) is 6.47. The van der Waals surface area contributed by atoms with Crippen molar-refractivity contribution in [3.05, 3.63) is 65.5 Å². The van der Waals surface area contributed by atoms with Crippen LogP contribution in [0.4, 0.5) is 0 Å². The summed E-state index contributed by atoms with van der Waals surface area (Å²) in [7, 11) is 0. The quantitative estimate of drug-likeness (QED) is 0.778. The third-order valence-corrected chi connectivity index (χ3v) is 3.62. The summed E-state index contributed by atoms with van der Waals surface area (Å²) >= 11 is 0. The van der Waals surface area contributed by atoms with E-state index >= 15 is 0 Å². The van der Waals surface area contributed by atoms with Gasteiger partial charge in [-0.15, -0.1) is 0 Å². The molecule has 0 aliphatic rings. The fourth-order valence-corrected chi connectivity index (χ4v) is 2.44. The molecule has 0 saturated heterocycles. The van der Waals surface area contributed by atoms with Crippen molar-refractivity contribution in [2.24, 2.45) is 5.73 Å². The van der Waals surface area contributed by atoms with E-state index in [0.29, 0.717) is 6.54 Å². The molecule has 0 amide bonds. The van der Waals surface area contributed by atoms with Crippen LogP contribution in [0.15, 0.2) is 48.7 Å². The molecule has 0 radical (unpaired) electrons. The summed E-state index contributed by atoms with van der Waals surface area (Å²) < 4.78 is 2.02. The second-order valence-electron chi connectivity index (χ2n) is 4.76. The Bertz CT molecular complexity index is 708. The molecule has 3 heteroatoms. The van der Waals surface area contributed by atoms with Crippen LogP contribution in [0.25, 0.3) is 10.8 Å². The first-order valence-electron chi connectivity index (χ1n) is 6.47. The summed E-state index contributed by atoms with van der Waals surface area (Å²) in [6.45, 7) is 3.40. The van der Waals surface area contributed by atoms with Gasteiger partial charge in [-0.25, -0.2) is 0 Å². The summed E-state index contributed by atoms with van der Waals surface area (Å²) in [5.41, 5.74) is 9.24. The van der Waals surface area contributed by atoms with Crippen LogP contribution in [0, 0.1) is 6.92 Å². The molecule has 0 aliphatic carbocycles. The molecule has 0 unspecified atom stereocenters. The van der Waals surface area contributed by atoms with E-state index < -0.39 is 0 Å². The highest BCUT2D eigenvalue weighted by Gasteiger charge is 2.07. The van der Waals surface area contributed by atoms with Gasteiger partial charge in [-0.1, -0.05) is 42.5 Å². The SMILES string of the molecule is Cc1c(CN)cnn1Cc1cccc2ccccc12. The van der Waals surface area contributed by atoms with E-state index in [1.165, 1.54) is 16.3 Å². The molecule has 0 spiro atoms. The van der Waals surface area contributed by atoms with Crippen molar-refractivity contribution in [1.82, 2.24) is 9.78 Å². The minimum Gasteiger partial charge on any atom is -0.326 e. The Morgan fingerprint density at radius 3 is 2.63 bits per heavy atom. The summed E-state index contributed by atoms with van der Waals surface area (Å²) in [5, 5.41) is 6.98. The van der Waals surface area contributed by atoms with Crippen molar-refractivity contribution in [3.8, 4) is 0 Å². The topological polar surface area (TPSA) is 43.8 Å². The maximum Gasteiger partial charge on any atom is 0.0668 e. The van der Waals surface area contributed by atoms with Crippen molar-refractivity contribution in [2.45, 2.75) is 20.0 Å². The van der Waals surface area contributed by atoms with Gasteiger partial charge in [-0.05, 0) is 23.3 Å². The fraction of sp³-hybridized carbons (Fsp3) is 0.188. The molecule has 19 heavy (non-hydrogen) atoms. The van der Waals surface area contributed by atoms with Gasteiger partial charge >= 0.3 is 0 Å². The van der Waals surface area contributed by atoms with Gasteiger partial charge in [0.25, 0.3) is 0 Å². The van der Waals surface area contributed by atoms with Crippen molar-refractivity contribution in [2.75, 3.05) is 0 Å². The maximum absolute atomic E-state index is 5.69. The zero-order chi connectivity index (χ0) is 13.2. The van der Waals surface area contributed by atoms with Crippen molar-refractivity contribution < 1.29 is 0 Å². The molecule has 0 fully saturated rings. The Balaban J connectivity index is 2.03. The molecule has 0 atom stereocenters. The standard InChI is InChI=1S/C16H17N3/c1-12-15(9-17)10-18-19(12)11-14-7-4-6-13-5-2-3-8-16(13)14/h2-8,10H,9,11,17H2,1H3. The van der Waals surface area contributed by atoms with E-state index in [4.69, 9.17) is 5.73 Å². The fourth-order valence-electron chi connectivity index (χ4n) is 2.44. The van der Waals surface area contributed by atoms with Gasteiger partial charge in [-0.2, -0.15) is 5.10 Å². The minimum atomic E-state index is 0.543. The van der Waals surface area contributed by atoms with Gasteiger partial charge in [0.15, 0.2) is 0 Å². The van der Waals surface area contributed by atoms with E-state index in [0.717, 1.165) is 17.8 Å². The zero-order valence-corrected chi connectivity index (χ0v) is 11.0. The third-order valence-electron chi connectivity index (χ3n) is 3.62. The molecule has 0 saturated carbocycles. The van der Waals surface area contributed by atoms with Crippen LogP contribution in [0.1, 0.15) is 16.8 Å². The highest BCUT2D eigenvalue weighted by Crippen LogP contribution is 2.20. The monoisotopic (exact) mass is 251 g/mol. The van der Waals surface area contributed by atoms with Gasteiger partial charge in [0.1, 0.15) is 0 Å². The largest absolute Gasteiger partial charge is 0.326 e. The Hall–Kier alpha value is -2.13. The van der Waals surface area contributed by atoms with Crippen LogP contribution in [0.3, 0.4) is 0 Å². The summed E-state index contributed by atoms with van der Waals surface area (Å²) in [4.78, 5) is 0. The Labute approximate surface area is 112 Å². The molecule has 0 aliphatic heterocycles. The molecule has 3 aromatic rings. The molecule has 2 aromatic carbocycles. The van der Waals surface area contributed by atoms with Crippen LogP contribution < -0.4 is 5.73 Å². The lowest BCUT2D eigenvalue weighted by Crippen LogP contribution is -2.05. The normalized spacial score (nSPS) is 11.1. The van der Waals surface area contributed by atoms with Crippen LogP contribution in [0.5, 0.6) is 0 Å². The first-order chi connectivity index (χ1) is 9.29. The molecular weight excluding hydrogens is 234 g/mol. The van der Waals surface area contributed by atoms with E-state index in [9.17, 15) is 0 Å². The lowest BCUT2D eigenvalue weighted by Gasteiger charge is -2.09. The van der Waals surface area contributed by atoms with Crippen molar-refractivity contribution >= 4 is 10.8 Å². The minimum absolute atomic E-state index is 0.543. The number of aromatic nitrogens is 2. The predicted molar refractivity (Wildman–Crippen MR) is 77.9 cm³/mol. The predicted octanol–water partition coefficient (Wildman–Crippen LogP) is 2.85. The number of hydrogen-bond donors (Lipinski definition) is 1. The number of nitrogens with two attached hydrogens (primary N) is 1. The van der Waals surface area contributed by atoms with E-state index in [1.807, 2.05) is 10.9 Å². The van der Waals surface area contributed by atoms with Gasteiger partial charge in [0.2, 0.25) is 0 Å². The van der Waals surface area contributed by atoms with Crippen molar-refractivity contribution in [1.29, 1.82) is 0 Å². The van der Waals surface area contributed by atoms with Gasteiger partial charge in [-0.3, -0.25) is 4.68 Å². The van der Waals surface area contributed by atoms with Crippen LogP contribution in [-0.2, 0) is 13.1 Å². The molecule has 1 aromatic heterocycles. The van der Waals surface area contributed by atoms with Gasteiger partial charge in [0, 0.05) is 17.8 Å². The van der Waals surface area contributed by atoms with E-state index in [1.54, 1.807) is 0 Å². The smallest absolute Gasteiger partial charge is 0.0668 e. The number of benzene rings is 2. The van der Waals surface area contributed by atoms with Crippen LogP contribution in [0.2, 0.25) is 0 Å². The van der Waals surface area contributed by atoms with Gasteiger partial charge in [0.05, 0.1) is 12.7 Å². The Morgan fingerprint density at radius 1 is 1.05 bits per heavy atom. The van der Waals surface area contributed by atoms with E-state index in [-0.39, 0.29) is 0 Å². The Kier molecular flexibility index (Phi) is 3.05. The summed E-state index contributed by atoms with van der Waals surface area (Å²) in [6.07, 6.45) is 1.86. The molecular formula is C16H17N3. The number of nitrogens with zero attached hydrogens (tertiary/aromatic N) is 2. The third kappa shape index (κ3) is 2.13. The van der Waals surface area contributed by atoms with Gasteiger partial charge < -0.3 is 5.73 Å². The Morgan fingerprint density at radius 2 is 1.84 bits per heavy atom. The number of fused-ring (bicyclic) bond motifs is 1. The first kappa shape index (κ1) is 11.9. The highest BCUT2D eigenvalue weighted by atomic mass is 15.3.